The Labute approximate surface area is 151 Å². The number of rotatable bonds is 6. The van der Waals surface area contributed by atoms with E-state index >= 15 is 0 Å². The number of carbonyl (C=O) groups is 1. The van der Waals surface area contributed by atoms with E-state index in [1.54, 1.807) is 12.6 Å². The van der Waals surface area contributed by atoms with Gasteiger partial charge in [0.25, 0.3) is 0 Å². The summed E-state index contributed by atoms with van der Waals surface area (Å²) >= 11 is 0. The van der Waals surface area contributed by atoms with E-state index < -0.39 is 0 Å². The molecule has 0 spiro atoms. The molecular formula is C19H21N5O2. The third kappa shape index (κ3) is 3.46. The molecule has 0 saturated heterocycles. The molecule has 1 atom stereocenters. The van der Waals surface area contributed by atoms with E-state index in [4.69, 9.17) is 4.42 Å². The van der Waals surface area contributed by atoms with Crippen LogP contribution in [0, 0.1) is 5.92 Å². The second-order valence-electron chi connectivity index (χ2n) is 6.41. The van der Waals surface area contributed by atoms with Gasteiger partial charge < -0.3 is 15.1 Å². The number of aromatic nitrogens is 3. The molecule has 1 aromatic carbocycles. The van der Waals surface area contributed by atoms with Crippen LogP contribution in [0.1, 0.15) is 31.6 Å². The second kappa shape index (κ2) is 7.03. The molecule has 1 saturated carbocycles. The number of aryl methyl sites for hydroxylation is 1. The zero-order valence-electron chi connectivity index (χ0n) is 14.6. The number of benzene rings is 1. The predicted octanol–water partition coefficient (Wildman–Crippen LogP) is 3.83. The number of nitrogens with one attached hydrogen (secondary N) is 2. The van der Waals surface area contributed by atoms with Crippen molar-refractivity contribution in [3.63, 3.8) is 0 Å². The maximum atomic E-state index is 12.5. The molecule has 2 aromatic heterocycles. The van der Waals surface area contributed by atoms with E-state index in [9.17, 15) is 4.79 Å². The van der Waals surface area contributed by atoms with Gasteiger partial charge in [0.2, 0.25) is 0 Å². The van der Waals surface area contributed by atoms with Crippen LogP contribution in [0.15, 0.2) is 53.4 Å². The van der Waals surface area contributed by atoms with E-state index in [0.29, 0.717) is 11.6 Å². The zero-order valence-corrected chi connectivity index (χ0v) is 14.6. The van der Waals surface area contributed by atoms with Crippen LogP contribution in [0.2, 0.25) is 0 Å². The van der Waals surface area contributed by atoms with Gasteiger partial charge in [0.15, 0.2) is 0 Å². The third-order valence-corrected chi connectivity index (χ3v) is 4.53. The van der Waals surface area contributed by atoms with Gasteiger partial charge in [-0.2, -0.15) is 5.10 Å². The van der Waals surface area contributed by atoms with Gasteiger partial charge in [-0.25, -0.2) is 14.5 Å². The maximum absolute atomic E-state index is 12.5. The topological polar surface area (TPSA) is 85.0 Å². The Morgan fingerprint density at radius 2 is 2.23 bits per heavy atom. The van der Waals surface area contributed by atoms with Crippen molar-refractivity contribution in [2.24, 2.45) is 5.92 Å². The second-order valence-corrected chi connectivity index (χ2v) is 6.41. The lowest BCUT2D eigenvalue weighted by Crippen LogP contribution is -2.35. The summed E-state index contributed by atoms with van der Waals surface area (Å²) in [5, 5.41) is 10.2. The average molecular weight is 351 g/mol. The first-order valence-electron chi connectivity index (χ1n) is 8.83. The zero-order chi connectivity index (χ0) is 17.9. The smallest absolute Gasteiger partial charge is 0.319 e. The summed E-state index contributed by atoms with van der Waals surface area (Å²) in [6.07, 6.45) is 5.36. The predicted molar refractivity (Wildman–Crippen MR) is 97.5 cm³/mol. The van der Waals surface area contributed by atoms with Crippen LogP contribution in [0.4, 0.5) is 10.5 Å². The fourth-order valence-electron chi connectivity index (χ4n) is 3.08. The highest BCUT2D eigenvalue weighted by Crippen LogP contribution is 2.40. The molecule has 1 aliphatic carbocycles. The van der Waals surface area contributed by atoms with Gasteiger partial charge in [-0.15, -0.1) is 0 Å². The van der Waals surface area contributed by atoms with Crippen molar-refractivity contribution in [1.82, 2.24) is 20.1 Å². The summed E-state index contributed by atoms with van der Waals surface area (Å²) in [6.45, 7) is 2.75. The number of anilines is 1. The van der Waals surface area contributed by atoms with Crippen LogP contribution >= 0.6 is 0 Å². The Hall–Kier alpha value is -3.09. The highest BCUT2D eigenvalue weighted by Gasteiger charge is 2.36. The van der Waals surface area contributed by atoms with Gasteiger partial charge in [-0.1, -0.05) is 12.1 Å². The molecule has 1 fully saturated rings. The molecule has 1 aliphatic rings. The monoisotopic (exact) mass is 351 g/mol. The molecule has 0 bridgehead atoms. The van der Waals surface area contributed by atoms with E-state index in [0.717, 1.165) is 36.5 Å². The molecule has 7 nitrogen and oxygen atoms in total. The average Bonchev–Trinajstić information content (AvgIpc) is 3.15. The molecule has 0 radical (unpaired) electrons. The minimum absolute atomic E-state index is 0.120. The number of urea groups is 1. The Kier molecular flexibility index (Phi) is 4.43. The van der Waals surface area contributed by atoms with Crippen molar-refractivity contribution >= 4 is 11.7 Å². The quantitative estimate of drug-likeness (QED) is 0.707. The lowest BCUT2D eigenvalue weighted by atomic mass is 10.1. The van der Waals surface area contributed by atoms with Crippen LogP contribution in [-0.4, -0.2) is 20.8 Å². The van der Waals surface area contributed by atoms with Crippen molar-refractivity contribution in [2.45, 2.75) is 32.4 Å². The Bertz CT molecular complexity index is 883. The lowest BCUT2D eigenvalue weighted by molar-refractivity contribution is 0.246. The first-order chi connectivity index (χ1) is 12.7. The van der Waals surface area contributed by atoms with Crippen LogP contribution < -0.4 is 10.6 Å². The van der Waals surface area contributed by atoms with E-state index in [1.165, 1.54) is 0 Å². The molecule has 3 aromatic rings. The molecule has 2 heterocycles. The third-order valence-electron chi connectivity index (χ3n) is 4.53. The summed E-state index contributed by atoms with van der Waals surface area (Å²) in [6, 6.07) is 10.9. The molecule has 26 heavy (non-hydrogen) atoms. The molecule has 1 unspecified atom stereocenters. The summed E-state index contributed by atoms with van der Waals surface area (Å²) in [5.41, 5.74) is 1.63. The van der Waals surface area contributed by atoms with Gasteiger partial charge >= 0.3 is 6.03 Å². The number of nitrogens with zero attached hydrogens (tertiary/aromatic N) is 3. The number of furan rings is 1. The molecule has 134 valence electrons. The minimum atomic E-state index is -0.246. The van der Waals surface area contributed by atoms with Crippen LogP contribution in [0.3, 0.4) is 0 Å². The van der Waals surface area contributed by atoms with Crippen molar-refractivity contribution in [1.29, 1.82) is 0 Å². The molecule has 7 heteroatoms. The fourth-order valence-corrected chi connectivity index (χ4v) is 3.08. The highest BCUT2D eigenvalue weighted by atomic mass is 16.3. The summed E-state index contributed by atoms with van der Waals surface area (Å²) in [5.74, 6) is 2.00. The van der Waals surface area contributed by atoms with Crippen molar-refractivity contribution in [2.75, 3.05) is 5.32 Å². The lowest BCUT2D eigenvalue weighted by Gasteiger charge is -2.18. The number of amides is 2. The molecular weight excluding hydrogens is 330 g/mol. The van der Waals surface area contributed by atoms with E-state index in [-0.39, 0.29) is 12.1 Å². The largest absolute Gasteiger partial charge is 0.464 e. The summed E-state index contributed by atoms with van der Waals surface area (Å²) in [4.78, 5) is 16.9. The van der Waals surface area contributed by atoms with Crippen LogP contribution in [0.5, 0.6) is 0 Å². The number of hydrogen-bond donors (Lipinski definition) is 2. The van der Waals surface area contributed by atoms with Gasteiger partial charge in [0.1, 0.15) is 17.9 Å². The number of hydrogen-bond acceptors (Lipinski definition) is 4. The number of carbonyl (C=O) groups excluding carboxylic acids is 1. The SMILES string of the molecule is CCn1ncnc1C(NC(=O)Nc1cccc(-c2ccco2)c1)C1CC1. The van der Waals surface area contributed by atoms with Crippen molar-refractivity contribution < 1.29 is 9.21 Å². The molecule has 0 aliphatic heterocycles. The van der Waals surface area contributed by atoms with Gasteiger partial charge in [0.05, 0.1) is 12.3 Å². The van der Waals surface area contributed by atoms with E-state index in [2.05, 4.69) is 20.7 Å². The van der Waals surface area contributed by atoms with Crippen molar-refractivity contribution in [3.05, 3.63) is 54.8 Å². The van der Waals surface area contributed by atoms with E-state index in [1.807, 2.05) is 48.0 Å². The highest BCUT2D eigenvalue weighted by molar-refractivity contribution is 5.90. The van der Waals surface area contributed by atoms with Gasteiger partial charge in [0, 0.05) is 17.8 Å². The Balaban J connectivity index is 1.47. The summed E-state index contributed by atoms with van der Waals surface area (Å²) in [7, 11) is 0. The summed E-state index contributed by atoms with van der Waals surface area (Å²) < 4.78 is 7.25. The first-order valence-corrected chi connectivity index (χ1v) is 8.83. The normalized spacial score (nSPS) is 14.8. The molecule has 2 amide bonds. The van der Waals surface area contributed by atoms with Crippen LogP contribution in [-0.2, 0) is 6.54 Å². The van der Waals surface area contributed by atoms with Gasteiger partial charge in [-0.05, 0) is 49.9 Å². The first kappa shape index (κ1) is 16.4. The van der Waals surface area contributed by atoms with Crippen molar-refractivity contribution in [3.8, 4) is 11.3 Å². The van der Waals surface area contributed by atoms with Gasteiger partial charge in [-0.3, -0.25) is 0 Å². The minimum Gasteiger partial charge on any atom is -0.464 e. The Morgan fingerprint density at radius 3 is 2.96 bits per heavy atom. The molecule has 4 rings (SSSR count). The molecule has 2 N–H and O–H groups in total. The fraction of sp³-hybridized carbons (Fsp3) is 0.316. The van der Waals surface area contributed by atoms with Crippen LogP contribution in [0.25, 0.3) is 11.3 Å². The Morgan fingerprint density at radius 1 is 1.35 bits per heavy atom. The standard InChI is InChI=1S/C19H21N5O2/c1-2-24-18(20-12-21-24)17(13-8-9-13)23-19(25)22-15-6-3-5-14(11-15)16-7-4-10-26-16/h3-7,10-13,17H,2,8-9H2,1H3,(H2,22,23,25). The maximum Gasteiger partial charge on any atom is 0.319 e.